The van der Waals surface area contributed by atoms with Crippen LogP contribution in [0.1, 0.15) is 38.3 Å². The van der Waals surface area contributed by atoms with E-state index in [1.165, 1.54) is 22.9 Å². The first-order valence-electron chi connectivity index (χ1n) is 9.78. The molecule has 29 heavy (non-hydrogen) atoms. The summed E-state index contributed by atoms with van der Waals surface area (Å²) in [6.45, 7) is 6.61. The maximum absolute atomic E-state index is 13.4. The summed E-state index contributed by atoms with van der Waals surface area (Å²) in [7, 11) is 1.89. The van der Waals surface area contributed by atoms with Crippen molar-refractivity contribution in [2.45, 2.75) is 43.3 Å². The molecule has 0 saturated heterocycles. The SMILES string of the molecule is Cn1cnnc1SCC(=O)N1c2ccccc2C(C)(c2ccccc2)CC1(C)C. The molecule has 150 valence electrons. The Hall–Kier alpha value is -2.60. The minimum atomic E-state index is -0.323. The van der Waals surface area contributed by atoms with Gasteiger partial charge in [0.25, 0.3) is 0 Å². The largest absolute Gasteiger partial charge is 0.312 e. The Bertz CT molecular complexity index is 1030. The molecule has 3 aromatic rings. The fourth-order valence-corrected chi connectivity index (χ4v) is 5.37. The highest BCUT2D eigenvalue weighted by Gasteiger charge is 2.47. The zero-order chi connectivity index (χ0) is 20.6. The lowest BCUT2D eigenvalue weighted by molar-refractivity contribution is -0.117. The number of hydrogen-bond acceptors (Lipinski definition) is 4. The number of carbonyl (C=O) groups is 1. The highest BCUT2D eigenvalue weighted by molar-refractivity contribution is 7.99. The van der Waals surface area contributed by atoms with E-state index in [2.05, 4.69) is 73.4 Å². The lowest BCUT2D eigenvalue weighted by Crippen LogP contribution is -2.56. The molecule has 2 aromatic carbocycles. The molecule has 4 rings (SSSR count). The van der Waals surface area contributed by atoms with Gasteiger partial charge in [-0.1, -0.05) is 67.2 Å². The second kappa shape index (κ2) is 7.34. The molecule has 0 fully saturated rings. The minimum absolute atomic E-state index is 0.0885. The quantitative estimate of drug-likeness (QED) is 0.602. The third kappa shape index (κ3) is 3.46. The molecule has 5 nitrogen and oxygen atoms in total. The molecular formula is C23H26N4OS. The minimum Gasteiger partial charge on any atom is -0.312 e. The summed E-state index contributed by atoms with van der Waals surface area (Å²) in [5, 5.41) is 8.72. The predicted octanol–water partition coefficient (Wildman–Crippen LogP) is 4.43. The summed E-state index contributed by atoms with van der Waals surface area (Å²) < 4.78 is 1.83. The van der Waals surface area contributed by atoms with E-state index in [1.54, 1.807) is 6.33 Å². The summed E-state index contributed by atoms with van der Waals surface area (Å²) in [4.78, 5) is 15.4. The number of anilines is 1. The van der Waals surface area contributed by atoms with Crippen molar-refractivity contribution >= 4 is 23.4 Å². The molecule has 0 bridgehead atoms. The van der Waals surface area contributed by atoms with E-state index in [9.17, 15) is 4.79 Å². The number of amides is 1. The Kier molecular flexibility index (Phi) is 4.99. The number of hydrogen-bond donors (Lipinski definition) is 0. The van der Waals surface area contributed by atoms with Gasteiger partial charge in [0.2, 0.25) is 5.91 Å². The van der Waals surface area contributed by atoms with E-state index in [0.29, 0.717) is 5.75 Å². The zero-order valence-corrected chi connectivity index (χ0v) is 18.1. The van der Waals surface area contributed by atoms with Crippen LogP contribution in [0.2, 0.25) is 0 Å². The van der Waals surface area contributed by atoms with Crippen LogP contribution in [0, 0.1) is 0 Å². The molecule has 2 heterocycles. The molecular weight excluding hydrogens is 380 g/mol. The van der Waals surface area contributed by atoms with Crippen molar-refractivity contribution in [1.29, 1.82) is 0 Å². The van der Waals surface area contributed by atoms with E-state index in [-0.39, 0.29) is 16.9 Å². The average Bonchev–Trinajstić information content (AvgIpc) is 3.11. The Morgan fingerprint density at radius 1 is 1.07 bits per heavy atom. The lowest BCUT2D eigenvalue weighted by Gasteiger charge is -2.51. The van der Waals surface area contributed by atoms with E-state index in [1.807, 2.05) is 28.6 Å². The van der Waals surface area contributed by atoms with Gasteiger partial charge >= 0.3 is 0 Å². The molecule has 0 aliphatic carbocycles. The van der Waals surface area contributed by atoms with Crippen LogP contribution in [0.25, 0.3) is 0 Å². The Morgan fingerprint density at radius 3 is 2.45 bits per heavy atom. The zero-order valence-electron chi connectivity index (χ0n) is 17.3. The Morgan fingerprint density at radius 2 is 1.76 bits per heavy atom. The third-order valence-electron chi connectivity index (χ3n) is 5.79. The summed E-state index contributed by atoms with van der Waals surface area (Å²) in [5.74, 6) is 0.414. The van der Waals surface area contributed by atoms with Crippen molar-refractivity contribution in [1.82, 2.24) is 14.8 Å². The maximum Gasteiger partial charge on any atom is 0.237 e. The van der Waals surface area contributed by atoms with Gasteiger partial charge in [0.05, 0.1) is 5.75 Å². The smallest absolute Gasteiger partial charge is 0.237 e. The van der Waals surface area contributed by atoms with E-state index >= 15 is 0 Å². The number of aryl methyl sites for hydroxylation is 1. The van der Waals surface area contributed by atoms with Crippen LogP contribution in [0.4, 0.5) is 5.69 Å². The topological polar surface area (TPSA) is 51.0 Å². The number of benzene rings is 2. The van der Waals surface area contributed by atoms with Gasteiger partial charge in [-0.25, -0.2) is 0 Å². The first-order chi connectivity index (χ1) is 13.8. The number of thioether (sulfide) groups is 1. The highest BCUT2D eigenvalue weighted by atomic mass is 32.2. The van der Waals surface area contributed by atoms with Gasteiger partial charge in [-0.15, -0.1) is 10.2 Å². The van der Waals surface area contributed by atoms with Crippen molar-refractivity contribution in [3.63, 3.8) is 0 Å². The van der Waals surface area contributed by atoms with Crippen LogP contribution < -0.4 is 4.90 Å². The monoisotopic (exact) mass is 406 g/mol. The maximum atomic E-state index is 13.4. The van der Waals surface area contributed by atoms with Gasteiger partial charge in [0.15, 0.2) is 5.16 Å². The van der Waals surface area contributed by atoms with Crippen LogP contribution in [0.15, 0.2) is 66.1 Å². The van der Waals surface area contributed by atoms with Crippen LogP contribution in [0.5, 0.6) is 0 Å². The summed E-state index contributed by atoms with van der Waals surface area (Å²) in [6.07, 6.45) is 2.50. The van der Waals surface area contributed by atoms with Crippen molar-refractivity contribution < 1.29 is 4.79 Å². The lowest BCUT2D eigenvalue weighted by atomic mass is 9.65. The second-order valence-electron chi connectivity index (χ2n) is 8.45. The van der Waals surface area contributed by atoms with Crippen molar-refractivity contribution in [2.75, 3.05) is 10.7 Å². The fraction of sp³-hybridized carbons (Fsp3) is 0.348. The van der Waals surface area contributed by atoms with Gasteiger partial charge in [0.1, 0.15) is 6.33 Å². The van der Waals surface area contributed by atoms with Crippen molar-refractivity contribution in [3.05, 3.63) is 72.1 Å². The molecule has 0 N–H and O–H groups in total. The third-order valence-corrected chi connectivity index (χ3v) is 6.80. The Labute approximate surface area is 176 Å². The fourth-order valence-electron chi connectivity index (χ4n) is 4.63. The number of rotatable bonds is 4. The van der Waals surface area contributed by atoms with Crippen molar-refractivity contribution in [2.24, 2.45) is 7.05 Å². The van der Waals surface area contributed by atoms with E-state index in [4.69, 9.17) is 0 Å². The molecule has 6 heteroatoms. The van der Waals surface area contributed by atoms with Crippen LogP contribution >= 0.6 is 11.8 Å². The van der Waals surface area contributed by atoms with Crippen LogP contribution in [-0.4, -0.2) is 32.0 Å². The van der Waals surface area contributed by atoms with Gasteiger partial charge < -0.3 is 9.47 Å². The summed E-state index contributed by atoms with van der Waals surface area (Å²) >= 11 is 1.43. The predicted molar refractivity (Wildman–Crippen MR) is 117 cm³/mol. The number of nitrogens with zero attached hydrogens (tertiary/aromatic N) is 4. The normalized spacial score (nSPS) is 20.3. The molecule has 1 aliphatic rings. The summed E-state index contributed by atoms with van der Waals surface area (Å²) in [6, 6.07) is 18.9. The van der Waals surface area contributed by atoms with Crippen LogP contribution in [0.3, 0.4) is 0 Å². The first kappa shape index (κ1) is 19.7. The molecule has 0 saturated carbocycles. The van der Waals surface area contributed by atoms with E-state index < -0.39 is 0 Å². The highest BCUT2D eigenvalue weighted by Crippen LogP contribution is 2.50. The number of fused-ring (bicyclic) bond motifs is 1. The van der Waals surface area contributed by atoms with Gasteiger partial charge in [-0.3, -0.25) is 4.79 Å². The molecule has 1 atom stereocenters. The molecule has 1 aromatic heterocycles. The molecule has 0 spiro atoms. The molecule has 1 amide bonds. The van der Waals surface area contributed by atoms with Crippen molar-refractivity contribution in [3.8, 4) is 0 Å². The van der Waals surface area contributed by atoms with E-state index in [0.717, 1.165) is 17.3 Å². The van der Waals surface area contributed by atoms with Gasteiger partial charge in [0, 0.05) is 23.7 Å². The summed E-state index contributed by atoms with van der Waals surface area (Å²) in [5.41, 5.74) is 2.99. The number of para-hydroxylation sites is 1. The van der Waals surface area contributed by atoms with Crippen LogP contribution in [-0.2, 0) is 17.3 Å². The standard InChI is InChI=1S/C23H26N4OS/c1-22(2)15-23(3,17-10-6-5-7-11-17)18-12-8-9-13-19(18)27(22)20(28)14-29-21-25-24-16-26(21)4/h5-13,16H,14-15H2,1-4H3. The van der Waals surface area contributed by atoms with Gasteiger partial charge in [-0.05, 0) is 37.5 Å². The molecule has 0 radical (unpaired) electrons. The number of aromatic nitrogens is 3. The molecule has 1 unspecified atom stereocenters. The van der Waals surface area contributed by atoms with Gasteiger partial charge in [-0.2, -0.15) is 0 Å². The second-order valence-corrected chi connectivity index (χ2v) is 9.39. The Balaban J connectivity index is 1.72. The molecule has 1 aliphatic heterocycles. The average molecular weight is 407 g/mol. The number of carbonyl (C=O) groups excluding carboxylic acids is 1. The first-order valence-corrected chi connectivity index (χ1v) is 10.8.